The fraction of sp³-hybridized carbons (Fsp3) is 0.0169. The Morgan fingerprint density at radius 2 is 0.712 bits per heavy atom. The number of benzene rings is 12. The Hall–Kier alpha value is -7.54. The molecule has 0 aliphatic heterocycles. The Morgan fingerprint density at radius 3 is 1.46 bits per heavy atom. The Labute approximate surface area is 339 Å². The molecule has 0 bridgehead atoms. The summed E-state index contributed by atoms with van der Waals surface area (Å²) in [5, 5.41) is 27.0. The number of aryl methyl sites for hydroxylation is 1. The van der Waals surface area contributed by atoms with Crippen LogP contribution in [0.2, 0.25) is 0 Å². The van der Waals surface area contributed by atoms with Crippen molar-refractivity contribution in [2.24, 2.45) is 0 Å². The second-order valence-corrected chi connectivity index (χ2v) is 17.0. The summed E-state index contributed by atoms with van der Waals surface area (Å²) in [6.45, 7) is 2.33. The number of hydrogen-bond acceptors (Lipinski definition) is 0. The van der Waals surface area contributed by atoms with Crippen LogP contribution in [0.3, 0.4) is 0 Å². The lowest BCUT2D eigenvalue weighted by atomic mass is 9.84. The highest BCUT2D eigenvalue weighted by atomic mass is 14.3. The number of hydrogen-bond donors (Lipinski definition) is 0. The predicted octanol–water partition coefficient (Wildman–Crippen LogP) is 16.8. The smallest absolute Gasteiger partial charge is 0.000718 e. The van der Waals surface area contributed by atoms with E-state index in [4.69, 9.17) is 0 Å². The summed E-state index contributed by atoms with van der Waals surface area (Å²) < 4.78 is 0. The lowest BCUT2D eigenvalue weighted by molar-refractivity contribution is 1.56. The SMILES string of the molecule is Cc1cc2c3c(ccc4c5ccc6c7c(-c8ccccc8)c8cc9c%10ccccc%10c%10cccc(c8c(-c8ccccc8)c7c7ccc(c1c34)c5c67)c%109)-c1ccccc1-2. The summed E-state index contributed by atoms with van der Waals surface area (Å²) >= 11 is 0. The molecular weight excluding hydrogens is 709 g/mol. The zero-order valence-electron chi connectivity index (χ0n) is 32.2. The van der Waals surface area contributed by atoms with Gasteiger partial charge in [-0.25, -0.2) is 0 Å². The molecular formula is C59H32. The van der Waals surface area contributed by atoms with E-state index in [9.17, 15) is 0 Å². The van der Waals surface area contributed by atoms with Crippen LogP contribution in [-0.4, -0.2) is 0 Å². The minimum Gasteiger partial charge on any atom is -0.0622 e. The van der Waals surface area contributed by atoms with Crippen molar-refractivity contribution in [3.63, 3.8) is 0 Å². The van der Waals surface area contributed by atoms with E-state index in [1.807, 2.05) is 0 Å². The van der Waals surface area contributed by atoms with Gasteiger partial charge >= 0.3 is 0 Å². The fourth-order valence-corrected chi connectivity index (χ4v) is 12.2. The Balaban J connectivity index is 1.22. The minimum atomic E-state index is 1.25. The van der Waals surface area contributed by atoms with Crippen molar-refractivity contribution < 1.29 is 0 Å². The van der Waals surface area contributed by atoms with E-state index in [-0.39, 0.29) is 0 Å². The fourth-order valence-electron chi connectivity index (χ4n) is 12.2. The van der Waals surface area contributed by atoms with Gasteiger partial charge in [0.1, 0.15) is 0 Å². The van der Waals surface area contributed by atoms with E-state index in [0.29, 0.717) is 0 Å². The molecule has 0 spiro atoms. The van der Waals surface area contributed by atoms with Crippen molar-refractivity contribution in [2.75, 3.05) is 0 Å². The number of fused-ring (bicyclic) bond motifs is 13. The lowest BCUT2D eigenvalue weighted by Gasteiger charge is -2.19. The van der Waals surface area contributed by atoms with Gasteiger partial charge in [-0.1, -0.05) is 170 Å². The van der Waals surface area contributed by atoms with E-state index in [2.05, 4.69) is 183 Å². The van der Waals surface area contributed by atoms with Crippen LogP contribution in [0.5, 0.6) is 0 Å². The minimum absolute atomic E-state index is 1.25. The van der Waals surface area contributed by atoms with Gasteiger partial charge in [0.2, 0.25) is 0 Å². The molecule has 0 atom stereocenters. The molecule has 0 radical (unpaired) electrons. The maximum absolute atomic E-state index is 2.54. The molecule has 0 aromatic heterocycles. The average Bonchev–Trinajstić information content (AvgIpc) is 3.92. The maximum Gasteiger partial charge on any atom is -0.000718 e. The predicted molar refractivity (Wildman–Crippen MR) is 255 cm³/mol. The summed E-state index contributed by atoms with van der Waals surface area (Å²) in [6, 6.07) is 67.0. The van der Waals surface area contributed by atoms with Crippen LogP contribution in [0, 0.1) is 6.92 Å². The summed E-state index contributed by atoms with van der Waals surface area (Å²) in [6.07, 6.45) is 0. The molecule has 14 aromatic rings. The Morgan fingerprint density at radius 1 is 0.220 bits per heavy atom. The zero-order valence-corrected chi connectivity index (χ0v) is 32.2. The van der Waals surface area contributed by atoms with Crippen LogP contribution in [0.1, 0.15) is 5.56 Å². The highest BCUT2D eigenvalue weighted by molar-refractivity contribution is 6.49. The highest BCUT2D eigenvalue weighted by Crippen LogP contribution is 2.58. The van der Waals surface area contributed by atoms with Crippen molar-refractivity contribution in [3.05, 3.63) is 181 Å². The zero-order chi connectivity index (χ0) is 38.2. The van der Waals surface area contributed by atoms with Crippen LogP contribution < -0.4 is 0 Å². The molecule has 14 aromatic carbocycles. The molecule has 0 unspecified atom stereocenters. The lowest BCUT2D eigenvalue weighted by Crippen LogP contribution is -1.91. The highest BCUT2D eigenvalue weighted by Gasteiger charge is 2.30. The maximum atomic E-state index is 2.54. The second kappa shape index (κ2) is 10.5. The van der Waals surface area contributed by atoms with Gasteiger partial charge in [0.05, 0.1) is 0 Å². The summed E-state index contributed by atoms with van der Waals surface area (Å²) in [4.78, 5) is 0. The molecule has 0 amide bonds. The van der Waals surface area contributed by atoms with E-state index >= 15 is 0 Å². The van der Waals surface area contributed by atoms with E-state index < -0.39 is 0 Å². The van der Waals surface area contributed by atoms with Crippen molar-refractivity contribution in [3.8, 4) is 44.5 Å². The van der Waals surface area contributed by atoms with Gasteiger partial charge in [0, 0.05) is 0 Å². The summed E-state index contributed by atoms with van der Waals surface area (Å²) in [5.41, 5.74) is 11.9. The third-order valence-corrected chi connectivity index (χ3v) is 14.3. The van der Waals surface area contributed by atoms with Crippen LogP contribution in [-0.2, 0) is 0 Å². The second-order valence-electron chi connectivity index (χ2n) is 17.0. The Kier molecular flexibility index (Phi) is 5.44. The molecule has 0 N–H and O–H groups in total. The first-order valence-corrected chi connectivity index (χ1v) is 20.9. The molecule has 1 aliphatic rings. The van der Waals surface area contributed by atoms with Crippen LogP contribution in [0.25, 0.3) is 152 Å². The molecule has 0 heteroatoms. The van der Waals surface area contributed by atoms with Gasteiger partial charge in [0.25, 0.3) is 0 Å². The van der Waals surface area contributed by atoms with E-state index in [1.165, 1.54) is 158 Å². The molecule has 0 saturated heterocycles. The van der Waals surface area contributed by atoms with E-state index in [1.54, 1.807) is 0 Å². The standard InChI is InChI=1S/C59H32/c1-31-29-46-36-19-10-9-18-35(36)39-23-24-41-40-25-26-44-55-45(28-27-43(53(40)55)49(31)57(41)54(39)46)59-51(33-15-6-3-7-16-33)56-42-22-12-21-38-34-17-8-11-20-37(34)47(52(38)42)30-48(56)50(58(44)59)32-13-4-2-5-14-32/h2-30H,1H3. The molecule has 0 heterocycles. The first-order chi connectivity index (χ1) is 29.2. The quantitative estimate of drug-likeness (QED) is 0.122. The van der Waals surface area contributed by atoms with Crippen molar-refractivity contribution in [1.29, 1.82) is 0 Å². The van der Waals surface area contributed by atoms with E-state index in [0.717, 1.165) is 0 Å². The van der Waals surface area contributed by atoms with Gasteiger partial charge in [-0.15, -0.1) is 0 Å². The van der Waals surface area contributed by atoms with Gasteiger partial charge in [0.15, 0.2) is 0 Å². The van der Waals surface area contributed by atoms with Crippen LogP contribution >= 0.6 is 0 Å². The summed E-state index contributed by atoms with van der Waals surface area (Å²) in [5.74, 6) is 0. The normalized spacial score (nSPS) is 12.8. The Bertz CT molecular complexity index is 4150. The van der Waals surface area contributed by atoms with Gasteiger partial charge in [-0.05, 0) is 171 Å². The van der Waals surface area contributed by atoms with Crippen molar-refractivity contribution in [2.45, 2.75) is 6.92 Å². The molecule has 268 valence electrons. The van der Waals surface area contributed by atoms with Crippen LogP contribution in [0.15, 0.2) is 176 Å². The molecule has 0 nitrogen and oxygen atoms in total. The van der Waals surface area contributed by atoms with Crippen molar-refractivity contribution >= 4 is 108 Å². The summed E-state index contributed by atoms with van der Waals surface area (Å²) in [7, 11) is 0. The molecule has 0 fully saturated rings. The number of rotatable bonds is 2. The first-order valence-electron chi connectivity index (χ1n) is 20.9. The molecule has 59 heavy (non-hydrogen) atoms. The van der Waals surface area contributed by atoms with Crippen molar-refractivity contribution in [1.82, 2.24) is 0 Å². The molecule has 1 aliphatic carbocycles. The third kappa shape index (κ3) is 3.52. The largest absolute Gasteiger partial charge is 0.0622 e. The van der Waals surface area contributed by atoms with Crippen LogP contribution in [0.4, 0.5) is 0 Å². The topological polar surface area (TPSA) is 0 Å². The average molecular weight is 741 g/mol. The molecule has 15 rings (SSSR count). The van der Waals surface area contributed by atoms with Gasteiger partial charge in [-0.3, -0.25) is 0 Å². The third-order valence-electron chi connectivity index (χ3n) is 14.3. The van der Waals surface area contributed by atoms with Gasteiger partial charge in [-0.2, -0.15) is 0 Å². The molecule has 0 saturated carbocycles. The first kappa shape index (κ1) is 30.6. The van der Waals surface area contributed by atoms with Gasteiger partial charge < -0.3 is 0 Å². The monoisotopic (exact) mass is 740 g/mol.